The van der Waals surface area contributed by atoms with E-state index < -0.39 is 0 Å². The van der Waals surface area contributed by atoms with E-state index in [1.54, 1.807) is 11.8 Å². The third-order valence-electron chi connectivity index (χ3n) is 4.00. The van der Waals surface area contributed by atoms with Crippen LogP contribution in [0.2, 0.25) is 0 Å². The number of piperidine rings is 1. The number of halogens is 1. The van der Waals surface area contributed by atoms with Gasteiger partial charge in [-0.1, -0.05) is 22.9 Å². The van der Waals surface area contributed by atoms with Crippen molar-refractivity contribution in [3.8, 4) is 0 Å². The third kappa shape index (κ3) is 5.31. The Bertz CT molecular complexity index is 472. The molecule has 1 saturated heterocycles. The van der Waals surface area contributed by atoms with Crippen LogP contribution in [0.4, 0.5) is 0 Å². The van der Waals surface area contributed by atoms with Crippen LogP contribution in [-0.2, 0) is 4.79 Å². The highest BCUT2D eigenvalue weighted by molar-refractivity contribution is 9.10. The van der Waals surface area contributed by atoms with Crippen molar-refractivity contribution in [2.24, 2.45) is 5.41 Å². The van der Waals surface area contributed by atoms with E-state index in [1.165, 1.54) is 0 Å². The zero-order valence-electron chi connectivity index (χ0n) is 12.6. The van der Waals surface area contributed by atoms with Crippen molar-refractivity contribution in [3.05, 3.63) is 28.7 Å². The summed E-state index contributed by atoms with van der Waals surface area (Å²) in [5.74, 6) is 0.127. The smallest absolute Gasteiger partial charge is 0.233 e. The van der Waals surface area contributed by atoms with Crippen LogP contribution in [0, 0.1) is 5.41 Å². The van der Waals surface area contributed by atoms with Gasteiger partial charge >= 0.3 is 0 Å². The van der Waals surface area contributed by atoms with E-state index in [-0.39, 0.29) is 16.6 Å². The number of rotatable bonds is 5. The van der Waals surface area contributed by atoms with E-state index in [0.717, 1.165) is 41.8 Å². The average molecular weight is 371 g/mol. The molecule has 21 heavy (non-hydrogen) atoms. The standard InChI is InChI=1S/C16H23BrN2OS/c1-12(21-14-5-3-13(17)4-6-14)15(20)19-11-16(2)7-9-18-10-8-16/h3-6,12,18H,7-11H2,1-2H3,(H,19,20). The monoisotopic (exact) mass is 370 g/mol. The number of nitrogens with one attached hydrogen (secondary N) is 2. The van der Waals surface area contributed by atoms with E-state index in [2.05, 4.69) is 33.5 Å². The lowest BCUT2D eigenvalue weighted by Crippen LogP contribution is -2.44. The summed E-state index contributed by atoms with van der Waals surface area (Å²) in [4.78, 5) is 13.4. The van der Waals surface area contributed by atoms with Crippen LogP contribution in [0.1, 0.15) is 26.7 Å². The topological polar surface area (TPSA) is 41.1 Å². The molecule has 0 aromatic heterocycles. The van der Waals surface area contributed by atoms with Gasteiger partial charge in [-0.3, -0.25) is 4.79 Å². The van der Waals surface area contributed by atoms with Crippen LogP contribution < -0.4 is 10.6 Å². The van der Waals surface area contributed by atoms with Gasteiger partial charge in [0.25, 0.3) is 0 Å². The summed E-state index contributed by atoms with van der Waals surface area (Å²) in [5, 5.41) is 6.42. The van der Waals surface area contributed by atoms with Crippen molar-refractivity contribution in [3.63, 3.8) is 0 Å². The van der Waals surface area contributed by atoms with Crippen LogP contribution in [-0.4, -0.2) is 30.8 Å². The molecular weight excluding hydrogens is 348 g/mol. The van der Waals surface area contributed by atoms with Crippen LogP contribution in [0.5, 0.6) is 0 Å². The lowest BCUT2D eigenvalue weighted by Gasteiger charge is -2.34. The fourth-order valence-electron chi connectivity index (χ4n) is 2.42. The Morgan fingerprint density at radius 1 is 1.38 bits per heavy atom. The highest BCUT2D eigenvalue weighted by Gasteiger charge is 2.27. The molecule has 1 unspecified atom stereocenters. The maximum absolute atomic E-state index is 12.2. The number of hydrogen-bond acceptors (Lipinski definition) is 3. The second-order valence-electron chi connectivity index (χ2n) is 5.99. The van der Waals surface area contributed by atoms with Gasteiger partial charge < -0.3 is 10.6 Å². The maximum Gasteiger partial charge on any atom is 0.233 e. The van der Waals surface area contributed by atoms with E-state index in [4.69, 9.17) is 0 Å². The van der Waals surface area contributed by atoms with Crippen molar-refractivity contribution < 1.29 is 4.79 Å². The molecule has 0 spiro atoms. The SMILES string of the molecule is CC(Sc1ccc(Br)cc1)C(=O)NCC1(C)CCNCC1. The molecule has 5 heteroatoms. The highest BCUT2D eigenvalue weighted by atomic mass is 79.9. The summed E-state index contributed by atoms with van der Waals surface area (Å²) in [7, 11) is 0. The predicted octanol–water partition coefficient (Wildman–Crippen LogP) is 3.44. The summed E-state index contributed by atoms with van der Waals surface area (Å²) < 4.78 is 1.06. The van der Waals surface area contributed by atoms with Crippen molar-refractivity contribution in [1.29, 1.82) is 0 Å². The Morgan fingerprint density at radius 2 is 2.00 bits per heavy atom. The first kappa shape index (κ1) is 16.8. The molecule has 1 aliphatic rings. The van der Waals surface area contributed by atoms with Gasteiger partial charge in [0.1, 0.15) is 0 Å². The lowest BCUT2D eigenvalue weighted by molar-refractivity contribution is -0.120. The first-order valence-electron chi connectivity index (χ1n) is 7.39. The minimum Gasteiger partial charge on any atom is -0.355 e. The molecule has 0 aliphatic carbocycles. The molecule has 2 N–H and O–H groups in total. The number of thioether (sulfide) groups is 1. The summed E-state index contributed by atoms with van der Waals surface area (Å²) in [5.41, 5.74) is 0.239. The first-order valence-corrected chi connectivity index (χ1v) is 9.06. The van der Waals surface area contributed by atoms with E-state index in [0.29, 0.717) is 0 Å². The Balaban J connectivity index is 1.80. The number of amides is 1. The number of benzene rings is 1. The van der Waals surface area contributed by atoms with E-state index in [1.807, 2.05) is 31.2 Å². The zero-order valence-corrected chi connectivity index (χ0v) is 15.0. The van der Waals surface area contributed by atoms with Crippen LogP contribution in [0.15, 0.2) is 33.6 Å². The van der Waals surface area contributed by atoms with Gasteiger partial charge in [0.15, 0.2) is 0 Å². The Labute approximate surface area is 139 Å². The van der Waals surface area contributed by atoms with Crippen molar-refractivity contribution >= 4 is 33.6 Å². The molecule has 0 bridgehead atoms. The molecule has 116 valence electrons. The normalized spacial score (nSPS) is 19.0. The minimum absolute atomic E-state index is 0.0727. The summed E-state index contributed by atoms with van der Waals surface area (Å²) in [6.45, 7) is 7.11. The molecule has 1 aromatic rings. The summed E-state index contributed by atoms with van der Waals surface area (Å²) >= 11 is 5.02. The maximum atomic E-state index is 12.2. The number of carbonyl (C=O) groups is 1. The molecule has 2 rings (SSSR count). The molecular formula is C16H23BrN2OS. The van der Waals surface area contributed by atoms with E-state index >= 15 is 0 Å². The molecule has 1 atom stereocenters. The fourth-order valence-corrected chi connectivity index (χ4v) is 3.58. The Morgan fingerprint density at radius 3 is 2.62 bits per heavy atom. The summed E-state index contributed by atoms with van der Waals surface area (Å²) in [6, 6.07) is 8.07. The predicted molar refractivity (Wildman–Crippen MR) is 92.7 cm³/mol. The van der Waals surface area contributed by atoms with Crippen LogP contribution >= 0.6 is 27.7 Å². The van der Waals surface area contributed by atoms with Gasteiger partial charge in [-0.05, 0) is 62.5 Å². The van der Waals surface area contributed by atoms with Crippen molar-refractivity contribution in [2.45, 2.75) is 36.8 Å². The lowest BCUT2D eigenvalue weighted by atomic mass is 9.81. The Hall–Kier alpha value is -0.520. The van der Waals surface area contributed by atoms with Crippen molar-refractivity contribution in [2.75, 3.05) is 19.6 Å². The van der Waals surface area contributed by atoms with Gasteiger partial charge in [-0.25, -0.2) is 0 Å². The number of hydrogen-bond donors (Lipinski definition) is 2. The number of carbonyl (C=O) groups excluding carboxylic acids is 1. The molecule has 0 saturated carbocycles. The molecule has 0 radical (unpaired) electrons. The largest absolute Gasteiger partial charge is 0.355 e. The zero-order chi connectivity index (χ0) is 15.3. The first-order chi connectivity index (χ1) is 9.98. The van der Waals surface area contributed by atoms with E-state index in [9.17, 15) is 4.79 Å². The van der Waals surface area contributed by atoms with Gasteiger partial charge in [-0.2, -0.15) is 0 Å². The van der Waals surface area contributed by atoms with Gasteiger partial charge in [0.2, 0.25) is 5.91 Å². The van der Waals surface area contributed by atoms with Gasteiger partial charge in [0, 0.05) is 15.9 Å². The molecule has 1 aliphatic heterocycles. The molecule has 1 fully saturated rings. The quantitative estimate of drug-likeness (QED) is 0.780. The van der Waals surface area contributed by atoms with Gasteiger partial charge in [0.05, 0.1) is 5.25 Å². The fraction of sp³-hybridized carbons (Fsp3) is 0.562. The van der Waals surface area contributed by atoms with Crippen LogP contribution in [0.25, 0.3) is 0 Å². The second-order valence-corrected chi connectivity index (χ2v) is 8.32. The summed E-state index contributed by atoms with van der Waals surface area (Å²) in [6.07, 6.45) is 2.25. The second kappa shape index (κ2) is 7.65. The molecule has 1 amide bonds. The highest BCUT2D eigenvalue weighted by Crippen LogP contribution is 2.28. The molecule has 1 aromatic carbocycles. The van der Waals surface area contributed by atoms with Crippen LogP contribution in [0.3, 0.4) is 0 Å². The third-order valence-corrected chi connectivity index (χ3v) is 5.64. The minimum atomic E-state index is -0.0727. The Kier molecular flexibility index (Phi) is 6.14. The van der Waals surface area contributed by atoms with Gasteiger partial charge in [-0.15, -0.1) is 11.8 Å². The molecule has 1 heterocycles. The molecule has 3 nitrogen and oxygen atoms in total. The average Bonchev–Trinajstić information content (AvgIpc) is 2.48. The van der Waals surface area contributed by atoms with Crippen molar-refractivity contribution in [1.82, 2.24) is 10.6 Å².